The van der Waals surface area contributed by atoms with E-state index in [0.717, 1.165) is 42.8 Å². The van der Waals surface area contributed by atoms with E-state index in [-0.39, 0.29) is 5.56 Å². The molecule has 2 aromatic heterocycles. The van der Waals surface area contributed by atoms with E-state index in [1.165, 1.54) is 0 Å². The van der Waals surface area contributed by atoms with Crippen LogP contribution >= 0.6 is 0 Å². The van der Waals surface area contributed by atoms with Crippen molar-refractivity contribution in [2.45, 2.75) is 6.18 Å². The van der Waals surface area contributed by atoms with Crippen LogP contribution in [0, 0.1) is 0 Å². The number of anilines is 4. The second-order valence-electron chi connectivity index (χ2n) is 6.98. The third-order valence-electron chi connectivity index (χ3n) is 4.75. The number of morpholine rings is 1. The lowest BCUT2D eigenvalue weighted by Gasteiger charge is -2.28. The fourth-order valence-electron chi connectivity index (χ4n) is 3.10. The predicted octanol–water partition coefficient (Wildman–Crippen LogP) is 3.72. The molecule has 8 nitrogen and oxygen atoms in total. The molecule has 3 aromatic rings. The van der Waals surface area contributed by atoms with E-state index in [0.29, 0.717) is 24.7 Å². The van der Waals surface area contributed by atoms with E-state index in [4.69, 9.17) is 4.74 Å². The summed E-state index contributed by atoms with van der Waals surface area (Å²) < 4.78 is 43.1. The molecule has 1 aliphatic heterocycles. The van der Waals surface area contributed by atoms with E-state index in [1.54, 1.807) is 30.5 Å². The number of aromatic nitrogens is 3. The molecule has 1 aromatic carbocycles. The van der Waals surface area contributed by atoms with Gasteiger partial charge in [-0.15, -0.1) is 5.10 Å². The molecule has 0 unspecified atom stereocenters. The first kappa shape index (κ1) is 21.5. The number of alkyl halides is 3. The molecule has 1 aliphatic rings. The Morgan fingerprint density at radius 2 is 1.72 bits per heavy atom. The number of halogens is 3. The topological polar surface area (TPSA) is 92.3 Å². The van der Waals surface area contributed by atoms with Crippen molar-refractivity contribution in [2.24, 2.45) is 0 Å². The van der Waals surface area contributed by atoms with E-state index >= 15 is 0 Å². The van der Waals surface area contributed by atoms with Crippen molar-refractivity contribution in [3.8, 4) is 0 Å². The number of amides is 1. The quantitative estimate of drug-likeness (QED) is 0.620. The summed E-state index contributed by atoms with van der Waals surface area (Å²) in [5, 5.41) is 13.9. The zero-order valence-corrected chi connectivity index (χ0v) is 16.8. The maximum Gasteiger partial charge on any atom is 0.433 e. The minimum atomic E-state index is -4.55. The second kappa shape index (κ2) is 9.18. The molecule has 1 saturated heterocycles. The molecule has 0 aliphatic carbocycles. The van der Waals surface area contributed by atoms with Crippen LogP contribution in [0.25, 0.3) is 0 Å². The van der Waals surface area contributed by atoms with Gasteiger partial charge in [0, 0.05) is 36.7 Å². The predicted molar refractivity (Wildman–Crippen MR) is 112 cm³/mol. The van der Waals surface area contributed by atoms with Gasteiger partial charge in [0.05, 0.1) is 30.7 Å². The lowest BCUT2D eigenvalue weighted by Crippen LogP contribution is -2.36. The molecule has 0 radical (unpaired) electrons. The Kier molecular flexibility index (Phi) is 6.17. The van der Waals surface area contributed by atoms with Crippen LogP contribution in [0.1, 0.15) is 16.1 Å². The average molecular weight is 444 g/mol. The van der Waals surface area contributed by atoms with E-state index in [9.17, 15) is 18.0 Å². The number of carbonyl (C=O) groups excluding carboxylic acids is 1. The van der Waals surface area contributed by atoms with Crippen LogP contribution in [0.5, 0.6) is 0 Å². The fraction of sp³-hybridized carbons (Fsp3) is 0.238. The van der Waals surface area contributed by atoms with Crippen LogP contribution in [0.4, 0.5) is 36.1 Å². The molecule has 0 atom stereocenters. The van der Waals surface area contributed by atoms with Crippen LogP contribution in [0.3, 0.4) is 0 Å². The van der Waals surface area contributed by atoms with Gasteiger partial charge < -0.3 is 20.3 Å². The van der Waals surface area contributed by atoms with Crippen LogP contribution in [-0.2, 0) is 10.9 Å². The van der Waals surface area contributed by atoms with Gasteiger partial charge in [-0.25, -0.2) is 0 Å². The number of pyridine rings is 1. The van der Waals surface area contributed by atoms with Crippen molar-refractivity contribution >= 4 is 28.8 Å². The normalized spacial score (nSPS) is 14.2. The van der Waals surface area contributed by atoms with Gasteiger partial charge in [0.2, 0.25) is 0 Å². The first-order valence-corrected chi connectivity index (χ1v) is 9.75. The summed E-state index contributed by atoms with van der Waals surface area (Å²) >= 11 is 0. The smallest absolute Gasteiger partial charge is 0.378 e. The number of nitrogens with zero attached hydrogens (tertiary/aromatic N) is 4. The Balaban J connectivity index is 1.37. The Hall–Kier alpha value is -3.73. The van der Waals surface area contributed by atoms with E-state index in [2.05, 4.69) is 30.7 Å². The van der Waals surface area contributed by atoms with Crippen LogP contribution in [0.15, 0.2) is 54.9 Å². The lowest BCUT2D eigenvalue weighted by atomic mass is 10.2. The van der Waals surface area contributed by atoms with Gasteiger partial charge in [0.25, 0.3) is 5.91 Å². The van der Waals surface area contributed by atoms with Crippen molar-refractivity contribution in [3.05, 3.63) is 66.1 Å². The van der Waals surface area contributed by atoms with Gasteiger partial charge in [-0.1, -0.05) is 0 Å². The summed E-state index contributed by atoms with van der Waals surface area (Å²) in [5.74, 6) is 0.0117. The number of hydrogen-bond acceptors (Lipinski definition) is 7. The number of rotatable bonds is 5. The zero-order chi connectivity index (χ0) is 22.6. The molecule has 32 heavy (non-hydrogen) atoms. The summed E-state index contributed by atoms with van der Waals surface area (Å²) in [6.45, 7) is 2.91. The Morgan fingerprint density at radius 3 is 2.38 bits per heavy atom. The van der Waals surface area contributed by atoms with Crippen LogP contribution in [-0.4, -0.2) is 47.4 Å². The molecule has 1 fully saturated rings. The largest absolute Gasteiger partial charge is 0.433 e. The molecule has 0 saturated carbocycles. The number of carbonyl (C=O) groups is 1. The number of hydrogen-bond donors (Lipinski definition) is 2. The summed E-state index contributed by atoms with van der Waals surface area (Å²) in [4.78, 5) is 17.7. The molecule has 4 rings (SSSR count). The van der Waals surface area contributed by atoms with Gasteiger partial charge in [0.15, 0.2) is 5.82 Å². The molecule has 3 heterocycles. The summed E-state index contributed by atoms with van der Waals surface area (Å²) in [5.41, 5.74) is 1.13. The lowest BCUT2D eigenvalue weighted by molar-refractivity contribution is -0.141. The van der Waals surface area contributed by atoms with Gasteiger partial charge in [-0.05, 0) is 36.4 Å². The number of nitrogens with one attached hydrogen (secondary N) is 2. The highest BCUT2D eigenvalue weighted by molar-refractivity contribution is 6.04. The van der Waals surface area contributed by atoms with Gasteiger partial charge in [-0.2, -0.15) is 18.3 Å². The molecule has 2 N–H and O–H groups in total. The zero-order valence-electron chi connectivity index (χ0n) is 16.8. The summed E-state index contributed by atoms with van der Waals surface area (Å²) in [7, 11) is 0. The van der Waals surface area contributed by atoms with E-state index in [1.807, 2.05) is 6.07 Å². The van der Waals surface area contributed by atoms with Crippen LogP contribution in [0.2, 0.25) is 0 Å². The van der Waals surface area contributed by atoms with Gasteiger partial charge in [0.1, 0.15) is 5.69 Å². The first-order valence-electron chi connectivity index (χ1n) is 9.75. The molecule has 11 heteroatoms. The molecule has 1 amide bonds. The molecule has 0 bridgehead atoms. The fourth-order valence-corrected chi connectivity index (χ4v) is 3.10. The van der Waals surface area contributed by atoms with Crippen molar-refractivity contribution in [1.29, 1.82) is 0 Å². The molecule has 0 spiro atoms. The minimum absolute atomic E-state index is 0.0235. The highest BCUT2D eigenvalue weighted by Crippen LogP contribution is 2.27. The van der Waals surface area contributed by atoms with Gasteiger partial charge in [-0.3, -0.25) is 9.78 Å². The maximum absolute atomic E-state index is 12.6. The summed E-state index contributed by atoms with van der Waals surface area (Å²) in [6, 6.07) is 10.6. The maximum atomic E-state index is 12.6. The number of ether oxygens (including phenoxy) is 1. The van der Waals surface area contributed by atoms with Gasteiger partial charge >= 0.3 is 6.18 Å². The third-order valence-corrected chi connectivity index (χ3v) is 4.75. The van der Waals surface area contributed by atoms with Crippen molar-refractivity contribution in [3.63, 3.8) is 0 Å². The average Bonchev–Trinajstić information content (AvgIpc) is 2.81. The Labute approximate surface area is 181 Å². The monoisotopic (exact) mass is 444 g/mol. The van der Waals surface area contributed by atoms with Crippen molar-refractivity contribution in [1.82, 2.24) is 15.2 Å². The highest BCUT2D eigenvalue weighted by Gasteiger charge is 2.32. The second-order valence-corrected chi connectivity index (χ2v) is 6.98. The Bertz CT molecular complexity index is 1070. The van der Waals surface area contributed by atoms with E-state index < -0.39 is 17.8 Å². The van der Waals surface area contributed by atoms with Crippen molar-refractivity contribution < 1.29 is 22.7 Å². The Morgan fingerprint density at radius 1 is 1.00 bits per heavy atom. The minimum Gasteiger partial charge on any atom is -0.378 e. The molecular formula is C21H19F3N6O2. The first-order chi connectivity index (χ1) is 15.4. The number of benzene rings is 1. The standard InChI is InChI=1S/C21H19F3N6O2/c22-21(23,24)18-6-1-14(12-25-18)20(31)28-16-4-2-15(3-5-16)27-19-11-17(13-26-29-19)30-7-9-32-10-8-30/h1-6,11-13H,7-10H2,(H,27,29)(H,28,31). The highest BCUT2D eigenvalue weighted by atomic mass is 19.4. The van der Waals surface area contributed by atoms with Crippen molar-refractivity contribution in [2.75, 3.05) is 41.8 Å². The third kappa shape index (κ3) is 5.30. The SMILES string of the molecule is O=C(Nc1ccc(Nc2cc(N3CCOCC3)cnn2)cc1)c1ccc(C(F)(F)F)nc1. The summed E-state index contributed by atoms with van der Waals surface area (Å²) in [6.07, 6.45) is -1.95. The molecule has 166 valence electrons. The van der Waals surface area contributed by atoms with Crippen LogP contribution < -0.4 is 15.5 Å². The molecular weight excluding hydrogens is 425 g/mol.